The van der Waals surface area contributed by atoms with Crippen molar-refractivity contribution in [3.63, 3.8) is 0 Å². The van der Waals surface area contributed by atoms with Gasteiger partial charge in [0.15, 0.2) is 0 Å². The molecule has 0 bridgehead atoms. The van der Waals surface area contributed by atoms with Crippen LogP contribution >= 0.6 is 12.6 Å². The maximum Gasteiger partial charge on any atom is 0.326 e. The summed E-state index contributed by atoms with van der Waals surface area (Å²) in [5.41, 5.74) is 1.60. The zero-order valence-electron chi connectivity index (χ0n) is 19.9. The van der Waals surface area contributed by atoms with E-state index in [9.17, 15) is 24.3 Å². The summed E-state index contributed by atoms with van der Waals surface area (Å²) in [4.78, 5) is 50.6. The van der Waals surface area contributed by atoms with Crippen molar-refractivity contribution in [2.75, 3.05) is 12.3 Å². The SMILES string of the molecule is O=C(O)C(Cc1ccccc1)NC(=O)C(CS)NC(=O)C(Cc1ccccc1)NC(=O)C1CCCN1. The van der Waals surface area contributed by atoms with E-state index in [1.54, 1.807) is 24.3 Å². The molecule has 0 aromatic heterocycles. The summed E-state index contributed by atoms with van der Waals surface area (Å²) in [6, 6.07) is 14.6. The summed E-state index contributed by atoms with van der Waals surface area (Å²) < 4.78 is 0. The maximum absolute atomic E-state index is 13.2. The number of hydrogen-bond donors (Lipinski definition) is 6. The number of thiol groups is 1. The monoisotopic (exact) mass is 512 g/mol. The highest BCUT2D eigenvalue weighted by atomic mass is 32.1. The molecule has 36 heavy (non-hydrogen) atoms. The third-order valence-electron chi connectivity index (χ3n) is 6.01. The molecule has 3 rings (SSSR count). The number of carboxylic acids is 1. The minimum atomic E-state index is -1.19. The van der Waals surface area contributed by atoms with E-state index in [2.05, 4.69) is 33.9 Å². The Morgan fingerprint density at radius 1 is 0.833 bits per heavy atom. The number of hydrogen-bond acceptors (Lipinski definition) is 6. The van der Waals surface area contributed by atoms with Crippen molar-refractivity contribution in [1.82, 2.24) is 21.3 Å². The van der Waals surface area contributed by atoms with E-state index in [1.807, 2.05) is 36.4 Å². The molecule has 1 fully saturated rings. The minimum Gasteiger partial charge on any atom is -0.480 e. The lowest BCUT2D eigenvalue weighted by Crippen LogP contribution is -2.58. The molecule has 2 aromatic rings. The quantitative estimate of drug-likeness (QED) is 0.232. The standard InChI is InChI=1S/C26H32N4O5S/c31-23(19-12-7-13-27-19)28-20(14-17-8-3-1-4-9-17)24(32)30-22(16-36)25(33)29-21(26(34)35)15-18-10-5-2-6-11-18/h1-6,8-11,19-22,27,36H,7,12-16H2,(H,28,31)(H,29,33)(H,30,32)(H,34,35). The average Bonchev–Trinajstić information content (AvgIpc) is 3.43. The van der Waals surface area contributed by atoms with Gasteiger partial charge in [-0.3, -0.25) is 14.4 Å². The van der Waals surface area contributed by atoms with Crippen molar-refractivity contribution < 1.29 is 24.3 Å². The minimum absolute atomic E-state index is 0.0502. The second kappa shape index (κ2) is 13.6. The lowest BCUT2D eigenvalue weighted by molar-refractivity contribution is -0.142. The summed E-state index contributed by atoms with van der Waals surface area (Å²) >= 11 is 4.19. The van der Waals surface area contributed by atoms with Crippen LogP contribution in [0.5, 0.6) is 0 Å². The highest BCUT2D eigenvalue weighted by Crippen LogP contribution is 2.09. The van der Waals surface area contributed by atoms with Crippen molar-refractivity contribution in [2.24, 2.45) is 0 Å². The van der Waals surface area contributed by atoms with Crippen molar-refractivity contribution in [3.05, 3.63) is 71.8 Å². The van der Waals surface area contributed by atoms with Crippen LogP contribution in [0.4, 0.5) is 0 Å². The van der Waals surface area contributed by atoms with E-state index >= 15 is 0 Å². The van der Waals surface area contributed by atoms with E-state index in [1.165, 1.54) is 0 Å². The Kier molecular flexibility index (Phi) is 10.3. The molecule has 0 saturated carbocycles. The van der Waals surface area contributed by atoms with Gasteiger partial charge in [-0.2, -0.15) is 12.6 Å². The molecule has 10 heteroatoms. The van der Waals surface area contributed by atoms with Crippen LogP contribution in [-0.2, 0) is 32.0 Å². The number of benzene rings is 2. The van der Waals surface area contributed by atoms with Crippen LogP contribution in [0.1, 0.15) is 24.0 Å². The van der Waals surface area contributed by atoms with Gasteiger partial charge in [0.05, 0.1) is 6.04 Å². The Labute approximate surface area is 215 Å². The molecule has 1 aliphatic heterocycles. The molecule has 0 aliphatic carbocycles. The van der Waals surface area contributed by atoms with Gasteiger partial charge >= 0.3 is 5.97 Å². The zero-order valence-corrected chi connectivity index (χ0v) is 20.7. The van der Waals surface area contributed by atoms with E-state index in [-0.39, 0.29) is 30.5 Å². The van der Waals surface area contributed by atoms with Crippen LogP contribution in [-0.4, -0.2) is 65.3 Å². The average molecular weight is 513 g/mol. The second-order valence-corrected chi connectivity index (χ2v) is 9.10. The second-order valence-electron chi connectivity index (χ2n) is 8.73. The predicted octanol–water partition coefficient (Wildman–Crippen LogP) is 0.693. The number of rotatable bonds is 12. The van der Waals surface area contributed by atoms with Gasteiger partial charge in [-0.15, -0.1) is 0 Å². The van der Waals surface area contributed by atoms with Crippen molar-refractivity contribution in [3.8, 4) is 0 Å². The smallest absolute Gasteiger partial charge is 0.326 e. The zero-order chi connectivity index (χ0) is 25.9. The molecular formula is C26H32N4O5S. The van der Waals surface area contributed by atoms with E-state index < -0.39 is 35.9 Å². The molecule has 3 amide bonds. The molecule has 1 aliphatic rings. The number of amides is 3. The Balaban J connectivity index is 1.67. The fraction of sp³-hybridized carbons (Fsp3) is 0.385. The number of carboxylic acid groups (broad SMARTS) is 1. The van der Waals surface area contributed by atoms with Gasteiger partial charge in [-0.05, 0) is 30.5 Å². The summed E-state index contributed by atoms with van der Waals surface area (Å²) in [5.74, 6) is -2.72. The van der Waals surface area contributed by atoms with Crippen LogP contribution < -0.4 is 21.3 Å². The Morgan fingerprint density at radius 3 is 1.86 bits per heavy atom. The van der Waals surface area contributed by atoms with Crippen molar-refractivity contribution >= 4 is 36.3 Å². The molecule has 0 radical (unpaired) electrons. The molecule has 5 N–H and O–H groups in total. The third-order valence-corrected chi connectivity index (χ3v) is 6.37. The third kappa shape index (κ3) is 8.10. The first-order valence-corrected chi connectivity index (χ1v) is 12.6. The van der Waals surface area contributed by atoms with Crippen LogP contribution in [0.25, 0.3) is 0 Å². The Morgan fingerprint density at radius 2 is 1.36 bits per heavy atom. The summed E-state index contributed by atoms with van der Waals surface area (Å²) in [7, 11) is 0. The van der Waals surface area contributed by atoms with Crippen LogP contribution in [0.3, 0.4) is 0 Å². The van der Waals surface area contributed by atoms with Gasteiger partial charge in [0.1, 0.15) is 18.1 Å². The molecule has 0 spiro atoms. The lowest BCUT2D eigenvalue weighted by Gasteiger charge is -2.24. The first kappa shape index (κ1) is 27.2. The van der Waals surface area contributed by atoms with Crippen LogP contribution in [0.15, 0.2) is 60.7 Å². The van der Waals surface area contributed by atoms with Gasteiger partial charge in [0.2, 0.25) is 17.7 Å². The van der Waals surface area contributed by atoms with Crippen LogP contribution in [0, 0.1) is 0 Å². The highest BCUT2D eigenvalue weighted by Gasteiger charge is 2.31. The largest absolute Gasteiger partial charge is 0.480 e. The van der Waals surface area contributed by atoms with E-state index in [0.717, 1.165) is 24.1 Å². The molecule has 1 heterocycles. The molecule has 9 nitrogen and oxygen atoms in total. The van der Waals surface area contributed by atoms with Gasteiger partial charge in [0, 0.05) is 18.6 Å². The summed E-state index contributed by atoms with van der Waals surface area (Å²) in [5, 5.41) is 20.6. The van der Waals surface area contributed by atoms with E-state index in [0.29, 0.717) is 6.42 Å². The molecule has 2 aromatic carbocycles. The molecule has 4 atom stereocenters. The highest BCUT2D eigenvalue weighted by molar-refractivity contribution is 7.80. The van der Waals surface area contributed by atoms with Crippen LogP contribution in [0.2, 0.25) is 0 Å². The number of nitrogens with one attached hydrogen (secondary N) is 4. The maximum atomic E-state index is 13.2. The molecule has 4 unspecified atom stereocenters. The lowest BCUT2D eigenvalue weighted by atomic mass is 10.0. The first-order chi connectivity index (χ1) is 17.4. The Hall–Kier alpha value is -3.37. The molecular weight excluding hydrogens is 480 g/mol. The fourth-order valence-corrected chi connectivity index (χ4v) is 4.29. The number of aliphatic carboxylic acids is 1. The Bertz CT molecular complexity index is 1030. The number of carbonyl (C=O) groups is 4. The van der Waals surface area contributed by atoms with Gasteiger partial charge in [-0.1, -0.05) is 60.7 Å². The summed E-state index contributed by atoms with van der Waals surface area (Å²) in [6.07, 6.45) is 1.89. The fourth-order valence-electron chi connectivity index (χ4n) is 4.03. The van der Waals surface area contributed by atoms with E-state index in [4.69, 9.17) is 0 Å². The van der Waals surface area contributed by atoms with Gasteiger partial charge in [0.25, 0.3) is 0 Å². The normalized spacial score (nSPS) is 17.4. The van der Waals surface area contributed by atoms with Gasteiger partial charge in [-0.25, -0.2) is 4.79 Å². The molecule has 1 saturated heterocycles. The first-order valence-electron chi connectivity index (χ1n) is 11.9. The topological polar surface area (TPSA) is 137 Å². The molecule has 192 valence electrons. The van der Waals surface area contributed by atoms with Crippen molar-refractivity contribution in [1.29, 1.82) is 0 Å². The number of carbonyl (C=O) groups excluding carboxylic acids is 3. The predicted molar refractivity (Wildman–Crippen MR) is 139 cm³/mol. The van der Waals surface area contributed by atoms with Gasteiger partial charge < -0.3 is 26.4 Å². The summed E-state index contributed by atoms with van der Waals surface area (Å²) in [6.45, 7) is 0.739. The van der Waals surface area contributed by atoms with Crippen molar-refractivity contribution in [2.45, 2.75) is 49.9 Å².